The Bertz CT molecular complexity index is 420. The van der Waals surface area contributed by atoms with Gasteiger partial charge in [0.25, 0.3) is 0 Å². The van der Waals surface area contributed by atoms with Gasteiger partial charge >= 0.3 is 6.03 Å². The van der Waals surface area contributed by atoms with E-state index in [9.17, 15) is 9.90 Å². The second-order valence-electron chi connectivity index (χ2n) is 5.40. The van der Waals surface area contributed by atoms with Crippen molar-refractivity contribution in [1.82, 2.24) is 4.90 Å². The fourth-order valence-electron chi connectivity index (χ4n) is 2.26. The van der Waals surface area contributed by atoms with Crippen molar-refractivity contribution in [3.63, 3.8) is 0 Å². The molecular formula is C15H22N2O2. The zero-order chi connectivity index (χ0) is 13.8. The van der Waals surface area contributed by atoms with Crippen LogP contribution in [0.25, 0.3) is 0 Å². The Hall–Kier alpha value is -1.55. The van der Waals surface area contributed by atoms with Crippen molar-refractivity contribution < 1.29 is 9.90 Å². The van der Waals surface area contributed by atoms with Crippen LogP contribution in [0.3, 0.4) is 0 Å². The second-order valence-corrected chi connectivity index (χ2v) is 5.40. The van der Waals surface area contributed by atoms with Crippen LogP contribution < -0.4 is 5.32 Å². The van der Waals surface area contributed by atoms with E-state index in [0.717, 1.165) is 43.1 Å². The molecule has 0 aliphatic carbocycles. The summed E-state index contributed by atoms with van der Waals surface area (Å²) in [4.78, 5) is 13.9. The van der Waals surface area contributed by atoms with E-state index in [1.165, 1.54) is 0 Å². The molecule has 1 saturated heterocycles. The lowest BCUT2D eigenvalue weighted by Gasteiger charge is -2.30. The van der Waals surface area contributed by atoms with Gasteiger partial charge in [0.2, 0.25) is 0 Å². The third kappa shape index (κ3) is 3.70. The Morgan fingerprint density at radius 3 is 2.42 bits per heavy atom. The number of urea groups is 1. The molecule has 1 aromatic carbocycles. The molecule has 4 heteroatoms. The molecule has 1 aliphatic heterocycles. The lowest BCUT2D eigenvalue weighted by Crippen LogP contribution is -2.40. The minimum absolute atomic E-state index is 0.0308. The van der Waals surface area contributed by atoms with Gasteiger partial charge in [-0.15, -0.1) is 0 Å². The first-order valence-corrected chi connectivity index (χ1v) is 6.90. The quantitative estimate of drug-likeness (QED) is 0.860. The summed E-state index contributed by atoms with van der Waals surface area (Å²) >= 11 is 0. The molecule has 0 aromatic heterocycles. The number of nitrogens with zero attached hydrogens (tertiary/aromatic N) is 1. The summed E-state index contributed by atoms with van der Waals surface area (Å²) < 4.78 is 0. The van der Waals surface area contributed by atoms with Gasteiger partial charge < -0.3 is 15.3 Å². The summed E-state index contributed by atoms with van der Waals surface area (Å²) in [5.41, 5.74) is 1.62. The van der Waals surface area contributed by atoms with E-state index in [1.54, 1.807) is 6.92 Å². The maximum absolute atomic E-state index is 12.1. The van der Waals surface area contributed by atoms with E-state index < -0.39 is 6.10 Å². The molecular weight excluding hydrogens is 240 g/mol. The third-order valence-corrected chi connectivity index (χ3v) is 3.72. The minimum atomic E-state index is -0.478. The average Bonchev–Trinajstić information content (AvgIpc) is 2.40. The number of hydrogen-bond acceptors (Lipinski definition) is 2. The number of carbonyl (C=O) groups is 1. The average molecular weight is 262 g/mol. The van der Waals surface area contributed by atoms with Crippen molar-refractivity contribution in [2.45, 2.75) is 32.8 Å². The molecule has 2 amide bonds. The van der Waals surface area contributed by atoms with Crippen molar-refractivity contribution in [2.75, 3.05) is 18.4 Å². The SMILES string of the molecule is CC1CCN(C(=O)Nc2ccc(C(C)O)cc2)CC1. The van der Waals surface area contributed by atoms with Gasteiger partial charge in [0.15, 0.2) is 0 Å². The standard InChI is InChI=1S/C15H22N2O2/c1-11-7-9-17(10-8-11)15(19)16-14-5-3-13(4-6-14)12(2)18/h3-6,11-12,18H,7-10H2,1-2H3,(H,16,19). The Labute approximate surface area is 114 Å². The molecule has 0 spiro atoms. The summed E-state index contributed by atoms with van der Waals surface area (Å²) in [5, 5.41) is 12.3. The van der Waals surface area contributed by atoms with Crippen LogP contribution in [0.15, 0.2) is 24.3 Å². The maximum Gasteiger partial charge on any atom is 0.321 e. The minimum Gasteiger partial charge on any atom is -0.389 e. The molecule has 2 N–H and O–H groups in total. The van der Waals surface area contributed by atoms with Gasteiger partial charge in [-0.2, -0.15) is 0 Å². The Morgan fingerprint density at radius 2 is 1.89 bits per heavy atom. The molecule has 1 heterocycles. The van der Waals surface area contributed by atoms with Crippen LogP contribution in [-0.2, 0) is 0 Å². The summed E-state index contributed by atoms with van der Waals surface area (Å²) in [5.74, 6) is 0.717. The first-order chi connectivity index (χ1) is 9.06. The molecule has 0 saturated carbocycles. The topological polar surface area (TPSA) is 52.6 Å². The van der Waals surface area contributed by atoms with Gasteiger partial charge in [-0.25, -0.2) is 4.79 Å². The van der Waals surface area contributed by atoms with Crippen LogP contribution in [0.2, 0.25) is 0 Å². The number of nitrogens with one attached hydrogen (secondary N) is 1. The molecule has 1 aliphatic rings. The highest BCUT2D eigenvalue weighted by Gasteiger charge is 2.20. The smallest absolute Gasteiger partial charge is 0.321 e. The van der Waals surface area contributed by atoms with Crippen molar-refractivity contribution in [3.8, 4) is 0 Å². The predicted molar refractivity (Wildman–Crippen MR) is 76.1 cm³/mol. The number of aliphatic hydroxyl groups is 1. The maximum atomic E-state index is 12.1. The summed E-state index contributed by atoms with van der Waals surface area (Å²) in [7, 11) is 0. The first kappa shape index (κ1) is 13.9. The van der Waals surface area contributed by atoms with E-state index in [1.807, 2.05) is 29.2 Å². The normalized spacial score (nSPS) is 18.2. The van der Waals surface area contributed by atoms with Gasteiger partial charge in [-0.3, -0.25) is 0 Å². The Balaban J connectivity index is 1.91. The number of hydrogen-bond donors (Lipinski definition) is 2. The number of rotatable bonds is 2. The summed E-state index contributed by atoms with van der Waals surface area (Å²) in [6, 6.07) is 7.28. The molecule has 1 fully saturated rings. The van der Waals surface area contributed by atoms with Crippen molar-refractivity contribution in [2.24, 2.45) is 5.92 Å². The van der Waals surface area contributed by atoms with Crippen LogP contribution in [0.5, 0.6) is 0 Å². The van der Waals surface area contributed by atoms with Gasteiger partial charge in [-0.05, 0) is 43.4 Å². The monoisotopic (exact) mass is 262 g/mol. The molecule has 0 bridgehead atoms. The van der Waals surface area contributed by atoms with Gasteiger partial charge in [-0.1, -0.05) is 19.1 Å². The number of aliphatic hydroxyl groups excluding tert-OH is 1. The molecule has 1 atom stereocenters. The fraction of sp³-hybridized carbons (Fsp3) is 0.533. The lowest BCUT2D eigenvalue weighted by molar-refractivity contribution is 0.186. The van der Waals surface area contributed by atoms with E-state index in [4.69, 9.17) is 0 Å². The highest BCUT2D eigenvalue weighted by Crippen LogP contribution is 2.19. The highest BCUT2D eigenvalue weighted by molar-refractivity contribution is 5.89. The van der Waals surface area contributed by atoms with Crippen LogP contribution in [0.1, 0.15) is 38.4 Å². The van der Waals surface area contributed by atoms with Crippen molar-refractivity contribution in [1.29, 1.82) is 0 Å². The van der Waals surface area contributed by atoms with Gasteiger partial charge in [0, 0.05) is 18.8 Å². The second kappa shape index (κ2) is 6.06. The zero-order valence-electron chi connectivity index (χ0n) is 11.6. The highest BCUT2D eigenvalue weighted by atomic mass is 16.3. The molecule has 0 radical (unpaired) electrons. The van der Waals surface area contributed by atoms with E-state index >= 15 is 0 Å². The number of anilines is 1. The lowest BCUT2D eigenvalue weighted by atomic mass is 10.00. The first-order valence-electron chi connectivity index (χ1n) is 6.90. The van der Waals surface area contributed by atoms with Crippen LogP contribution >= 0.6 is 0 Å². The van der Waals surface area contributed by atoms with Crippen molar-refractivity contribution in [3.05, 3.63) is 29.8 Å². The van der Waals surface area contributed by atoms with E-state index in [-0.39, 0.29) is 6.03 Å². The molecule has 104 valence electrons. The number of carbonyl (C=O) groups excluding carboxylic acids is 1. The zero-order valence-corrected chi connectivity index (χ0v) is 11.6. The Morgan fingerprint density at radius 1 is 1.32 bits per heavy atom. The Kier molecular flexibility index (Phi) is 4.43. The predicted octanol–water partition coefficient (Wildman–Crippen LogP) is 3.00. The molecule has 1 aromatic rings. The number of benzene rings is 1. The molecule has 19 heavy (non-hydrogen) atoms. The van der Waals surface area contributed by atoms with Crippen LogP contribution in [-0.4, -0.2) is 29.1 Å². The summed E-state index contributed by atoms with van der Waals surface area (Å²) in [6.07, 6.45) is 1.68. The van der Waals surface area contributed by atoms with E-state index in [0.29, 0.717) is 0 Å². The largest absolute Gasteiger partial charge is 0.389 e. The number of likely N-dealkylation sites (tertiary alicyclic amines) is 1. The fourth-order valence-corrected chi connectivity index (χ4v) is 2.26. The van der Waals surface area contributed by atoms with Crippen molar-refractivity contribution >= 4 is 11.7 Å². The van der Waals surface area contributed by atoms with Gasteiger partial charge in [0.1, 0.15) is 0 Å². The van der Waals surface area contributed by atoms with E-state index in [2.05, 4.69) is 12.2 Å². The number of amides is 2. The van der Waals surface area contributed by atoms with Gasteiger partial charge in [0.05, 0.1) is 6.10 Å². The third-order valence-electron chi connectivity index (χ3n) is 3.72. The van der Waals surface area contributed by atoms with Crippen LogP contribution in [0, 0.1) is 5.92 Å². The van der Waals surface area contributed by atoms with Crippen LogP contribution in [0.4, 0.5) is 10.5 Å². The molecule has 2 rings (SSSR count). The molecule has 4 nitrogen and oxygen atoms in total. The summed E-state index contributed by atoms with van der Waals surface area (Å²) in [6.45, 7) is 5.62. The number of piperidine rings is 1. The molecule has 1 unspecified atom stereocenters.